The van der Waals surface area contributed by atoms with Gasteiger partial charge in [-0.05, 0) is 13.8 Å². The number of aliphatic carboxylic acids is 1. The summed E-state index contributed by atoms with van der Waals surface area (Å²) in [6, 6.07) is 0. The van der Waals surface area contributed by atoms with Crippen molar-refractivity contribution in [1.29, 1.82) is 0 Å². The first-order valence-corrected chi connectivity index (χ1v) is 4.45. The number of hydrogen-bond acceptors (Lipinski definition) is 2. The molecule has 1 aliphatic heterocycles. The lowest BCUT2D eigenvalue weighted by atomic mass is 9.75. The van der Waals surface area contributed by atoms with Gasteiger partial charge in [0.1, 0.15) is 0 Å². The van der Waals surface area contributed by atoms with Gasteiger partial charge in [0.2, 0.25) is 0 Å². The van der Waals surface area contributed by atoms with Gasteiger partial charge < -0.3 is 5.11 Å². The van der Waals surface area contributed by atoms with Crippen molar-refractivity contribution in [3.05, 3.63) is 35.6 Å². The molecule has 1 N–H and O–H groups in total. The van der Waals surface area contributed by atoms with Crippen molar-refractivity contribution < 1.29 is 9.90 Å². The number of carboxylic acid groups (broad SMARTS) is 1. The zero-order valence-electron chi connectivity index (χ0n) is 8.11. The van der Waals surface area contributed by atoms with E-state index < -0.39 is 11.4 Å². The average Bonchev–Trinajstić information content (AvgIpc) is 2.41. The maximum Gasteiger partial charge on any atom is 0.323 e. The zero-order chi connectivity index (χ0) is 10.3. The molecule has 0 aromatic heterocycles. The summed E-state index contributed by atoms with van der Waals surface area (Å²) in [6.45, 7) is 3.60. The molecule has 0 spiro atoms. The molecule has 2 rings (SSSR count). The first-order valence-electron chi connectivity index (χ1n) is 4.45. The standard InChI is InChI=1S/C11H11NO2/c1-7-9-5-3-4-6-11(9,10(13)14)8(2)12-7/h3-6H,1-2H3,(H,13,14). The number of aliphatic imine (C=N–C) groups is 1. The predicted octanol–water partition coefficient (Wildman–Crippen LogP) is 1.93. The Kier molecular flexibility index (Phi) is 1.71. The van der Waals surface area contributed by atoms with Crippen LogP contribution in [0.3, 0.4) is 0 Å². The number of hydrogen-bond donors (Lipinski definition) is 1. The largest absolute Gasteiger partial charge is 0.480 e. The molecule has 72 valence electrons. The van der Waals surface area contributed by atoms with Gasteiger partial charge in [0.05, 0.1) is 0 Å². The van der Waals surface area contributed by atoms with Crippen LogP contribution in [0.25, 0.3) is 0 Å². The minimum Gasteiger partial charge on any atom is -0.480 e. The smallest absolute Gasteiger partial charge is 0.323 e. The first-order chi connectivity index (χ1) is 6.59. The highest BCUT2D eigenvalue weighted by atomic mass is 16.4. The second kappa shape index (κ2) is 2.67. The van der Waals surface area contributed by atoms with Crippen molar-refractivity contribution in [2.45, 2.75) is 13.8 Å². The van der Waals surface area contributed by atoms with Crippen LogP contribution in [-0.2, 0) is 4.79 Å². The lowest BCUT2D eigenvalue weighted by Crippen LogP contribution is -2.36. The third kappa shape index (κ3) is 0.867. The Labute approximate surface area is 82.2 Å². The van der Waals surface area contributed by atoms with Crippen LogP contribution in [0.5, 0.6) is 0 Å². The van der Waals surface area contributed by atoms with Crippen LogP contribution in [0.2, 0.25) is 0 Å². The number of allylic oxidation sites excluding steroid dienone is 4. The molecule has 0 aromatic rings. The minimum atomic E-state index is -1.00. The van der Waals surface area contributed by atoms with E-state index in [1.807, 2.05) is 19.1 Å². The number of fused-ring (bicyclic) bond motifs is 1. The van der Waals surface area contributed by atoms with E-state index in [2.05, 4.69) is 4.99 Å². The molecule has 0 saturated heterocycles. The molecular weight excluding hydrogens is 178 g/mol. The van der Waals surface area contributed by atoms with Crippen LogP contribution < -0.4 is 0 Å². The molecule has 3 heteroatoms. The van der Waals surface area contributed by atoms with E-state index >= 15 is 0 Å². The molecule has 1 atom stereocenters. The van der Waals surface area contributed by atoms with Gasteiger partial charge in [-0.25, -0.2) is 0 Å². The maximum atomic E-state index is 11.3. The Morgan fingerprint density at radius 2 is 2.14 bits per heavy atom. The molecule has 0 aromatic carbocycles. The summed E-state index contributed by atoms with van der Waals surface area (Å²) < 4.78 is 0. The van der Waals surface area contributed by atoms with Gasteiger partial charge in [-0.2, -0.15) is 0 Å². The van der Waals surface area contributed by atoms with Crippen molar-refractivity contribution in [2.75, 3.05) is 0 Å². The predicted molar refractivity (Wildman–Crippen MR) is 54.2 cm³/mol. The van der Waals surface area contributed by atoms with E-state index in [4.69, 9.17) is 0 Å². The second-order valence-corrected chi connectivity index (χ2v) is 3.53. The molecule has 0 amide bonds. The maximum absolute atomic E-state index is 11.3. The Balaban J connectivity index is 2.68. The first kappa shape index (κ1) is 8.94. The van der Waals surface area contributed by atoms with Gasteiger partial charge in [0, 0.05) is 17.0 Å². The molecule has 1 heterocycles. The SMILES string of the molecule is CC1=NC(C)=C2C=CC=CC12C(=O)O. The van der Waals surface area contributed by atoms with Crippen molar-refractivity contribution in [3.63, 3.8) is 0 Å². The lowest BCUT2D eigenvalue weighted by Gasteiger charge is -2.25. The molecule has 3 nitrogen and oxygen atoms in total. The number of carboxylic acids is 1. The normalized spacial score (nSPS) is 29.1. The Hall–Kier alpha value is -1.64. The summed E-state index contributed by atoms with van der Waals surface area (Å²) in [5.41, 5.74) is 1.22. The summed E-state index contributed by atoms with van der Waals surface area (Å²) in [6.07, 6.45) is 7.12. The summed E-state index contributed by atoms with van der Waals surface area (Å²) in [5, 5.41) is 9.29. The Bertz CT molecular complexity index is 427. The fourth-order valence-electron chi connectivity index (χ4n) is 2.04. The van der Waals surface area contributed by atoms with Crippen LogP contribution >= 0.6 is 0 Å². The highest BCUT2D eigenvalue weighted by Crippen LogP contribution is 2.42. The molecule has 1 aliphatic carbocycles. The van der Waals surface area contributed by atoms with Crippen LogP contribution in [0.1, 0.15) is 13.8 Å². The fourth-order valence-corrected chi connectivity index (χ4v) is 2.04. The molecule has 0 bridgehead atoms. The molecule has 0 saturated carbocycles. The third-order valence-corrected chi connectivity index (χ3v) is 2.78. The molecule has 0 fully saturated rings. The summed E-state index contributed by atoms with van der Waals surface area (Å²) in [7, 11) is 0. The topological polar surface area (TPSA) is 49.7 Å². The second-order valence-electron chi connectivity index (χ2n) is 3.53. The quantitative estimate of drug-likeness (QED) is 0.685. The van der Waals surface area contributed by atoms with Crippen molar-refractivity contribution in [3.8, 4) is 0 Å². The number of rotatable bonds is 1. The van der Waals surface area contributed by atoms with E-state index in [9.17, 15) is 9.90 Å². The van der Waals surface area contributed by atoms with E-state index in [0.717, 1.165) is 11.3 Å². The zero-order valence-corrected chi connectivity index (χ0v) is 8.11. The highest BCUT2D eigenvalue weighted by molar-refractivity contribution is 6.13. The third-order valence-electron chi connectivity index (χ3n) is 2.78. The van der Waals surface area contributed by atoms with Gasteiger partial charge in [-0.3, -0.25) is 9.79 Å². The van der Waals surface area contributed by atoms with E-state index in [1.165, 1.54) is 0 Å². The summed E-state index contributed by atoms with van der Waals surface area (Å²) >= 11 is 0. The molecule has 1 unspecified atom stereocenters. The van der Waals surface area contributed by atoms with Crippen LogP contribution in [-0.4, -0.2) is 16.8 Å². The molecule has 0 radical (unpaired) electrons. The lowest BCUT2D eigenvalue weighted by molar-refractivity contribution is -0.141. The Morgan fingerprint density at radius 3 is 2.71 bits per heavy atom. The van der Waals surface area contributed by atoms with Gasteiger partial charge in [0.25, 0.3) is 0 Å². The van der Waals surface area contributed by atoms with Gasteiger partial charge in [-0.15, -0.1) is 0 Å². The van der Waals surface area contributed by atoms with E-state index in [0.29, 0.717) is 5.71 Å². The highest BCUT2D eigenvalue weighted by Gasteiger charge is 2.46. The van der Waals surface area contributed by atoms with Crippen LogP contribution in [0.15, 0.2) is 40.6 Å². The summed E-state index contributed by atoms with van der Waals surface area (Å²) in [4.78, 5) is 15.6. The average molecular weight is 189 g/mol. The van der Waals surface area contributed by atoms with Crippen molar-refractivity contribution in [1.82, 2.24) is 0 Å². The number of nitrogens with zero attached hydrogens (tertiary/aromatic N) is 1. The van der Waals surface area contributed by atoms with Gasteiger partial charge >= 0.3 is 5.97 Å². The van der Waals surface area contributed by atoms with E-state index in [-0.39, 0.29) is 0 Å². The van der Waals surface area contributed by atoms with Gasteiger partial charge in [-0.1, -0.05) is 24.3 Å². The monoisotopic (exact) mass is 189 g/mol. The van der Waals surface area contributed by atoms with Gasteiger partial charge in [0.15, 0.2) is 5.41 Å². The minimum absolute atomic E-state index is 0.637. The summed E-state index contributed by atoms with van der Waals surface area (Å²) in [5.74, 6) is -0.855. The van der Waals surface area contributed by atoms with Crippen LogP contribution in [0.4, 0.5) is 0 Å². The molecule has 2 aliphatic rings. The van der Waals surface area contributed by atoms with Crippen molar-refractivity contribution in [2.24, 2.45) is 10.4 Å². The molecular formula is C11H11NO2. The number of carbonyl (C=O) groups is 1. The fraction of sp³-hybridized carbons (Fsp3) is 0.273. The van der Waals surface area contributed by atoms with Crippen LogP contribution in [0, 0.1) is 5.41 Å². The Morgan fingerprint density at radius 1 is 1.43 bits per heavy atom. The van der Waals surface area contributed by atoms with Crippen molar-refractivity contribution >= 4 is 11.7 Å². The van der Waals surface area contributed by atoms with E-state index in [1.54, 1.807) is 19.1 Å². The molecule has 14 heavy (non-hydrogen) atoms.